The summed E-state index contributed by atoms with van der Waals surface area (Å²) in [5.74, 6) is -1.30. The third-order valence-electron chi connectivity index (χ3n) is 3.00. The first-order chi connectivity index (χ1) is 11.0. The molecule has 0 radical (unpaired) electrons. The Morgan fingerprint density at radius 1 is 1.17 bits per heavy atom. The van der Waals surface area contributed by atoms with Gasteiger partial charge in [-0.15, -0.1) is 0 Å². The summed E-state index contributed by atoms with van der Waals surface area (Å²) in [5.41, 5.74) is 7.81. The second-order valence-corrected chi connectivity index (χ2v) is 4.58. The largest absolute Gasteiger partial charge is 0.398 e. The average molecular weight is 308 g/mol. The molecule has 0 fully saturated rings. The van der Waals surface area contributed by atoms with Crippen LogP contribution >= 0.6 is 0 Å². The van der Waals surface area contributed by atoms with Gasteiger partial charge in [0.2, 0.25) is 0 Å². The van der Waals surface area contributed by atoms with E-state index in [2.05, 4.69) is 28.4 Å². The fourth-order valence-electron chi connectivity index (χ4n) is 1.88. The van der Waals surface area contributed by atoms with Crippen LogP contribution in [0.4, 0.5) is 0 Å². The molecule has 6 heteroatoms. The molecule has 0 spiro atoms. The molecule has 23 heavy (non-hydrogen) atoms. The van der Waals surface area contributed by atoms with E-state index >= 15 is 0 Å². The third-order valence-corrected chi connectivity index (χ3v) is 3.00. The van der Waals surface area contributed by atoms with Crippen molar-refractivity contribution in [3.63, 3.8) is 0 Å². The summed E-state index contributed by atoms with van der Waals surface area (Å²) in [6.07, 6.45) is 4.15. The number of nitrogens with zero attached hydrogens (tertiary/aromatic N) is 1. The van der Waals surface area contributed by atoms with E-state index in [1.165, 1.54) is 12.2 Å². The van der Waals surface area contributed by atoms with Crippen LogP contribution in [0.2, 0.25) is 0 Å². The maximum Gasteiger partial charge on any atom is 0.293 e. The van der Waals surface area contributed by atoms with E-state index in [4.69, 9.17) is 5.73 Å². The molecule has 0 aliphatic heterocycles. The number of hydrogen-bond acceptors (Lipinski definition) is 4. The van der Waals surface area contributed by atoms with E-state index in [1.807, 2.05) is 6.07 Å². The van der Waals surface area contributed by atoms with E-state index in [0.717, 1.165) is 6.08 Å². The first-order valence-corrected chi connectivity index (χ1v) is 6.78. The van der Waals surface area contributed by atoms with E-state index in [1.54, 1.807) is 24.3 Å². The van der Waals surface area contributed by atoms with Crippen LogP contribution in [-0.2, 0) is 4.79 Å². The second-order valence-electron chi connectivity index (χ2n) is 4.58. The zero-order valence-electron chi connectivity index (χ0n) is 12.4. The minimum atomic E-state index is -0.664. The number of nitrogens with one attached hydrogen (secondary N) is 2. The molecular weight excluding hydrogens is 292 g/mol. The van der Waals surface area contributed by atoms with Gasteiger partial charge in [-0.1, -0.05) is 43.5 Å². The van der Waals surface area contributed by atoms with Gasteiger partial charge < -0.3 is 10.7 Å². The van der Waals surface area contributed by atoms with Gasteiger partial charge in [0.05, 0.1) is 11.4 Å². The second kappa shape index (κ2) is 7.04. The summed E-state index contributed by atoms with van der Waals surface area (Å²) in [6, 6.07) is 8.97. The number of aromatic amines is 1. The molecule has 1 aromatic carbocycles. The summed E-state index contributed by atoms with van der Waals surface area (Å²) in [7, 11) is 0. The lowest BCUT2D eigenvalue weighted by atomic mass is 10.1. The van der Waals surface area contributed by atoms with E-state index < -0.39 is 11.8 Å². The Morgan fingerprint density at radius 2 is 1.87 bits per heavy atom. The number of amides is 2. The minimum absolute atomic E-state index is 0.00478. The number of aromatic nitrogens is 2. The highest BCUT2D eigenvalue weighted by Crippen LogP contribution is 2.09. The van der Waals surface area contributed by atoms with Gasteiger partial charge in [0.15, 0.2) is 5.82 Å². The number of carbonyl (C=O) groups is 2. The molecule has 0 unspecified atom stereocenters. The van der Waals surface area contributed by atoms with E-state index in [-0.39, 0.29) is 11.5 Å². The predicted octanol–water partition coefficient (Wildman–Crippen LogP) is 1.95. The van der Waals surface area contributed by atoms with Crippen molar-refractivity contribution in [2.75, 3.05) is 0 Å². The number of imidazole rings is 1. The maximum absolute atomic E-state index is 12.0. The minimum Gasteiger partial charge on any atom is -0.398 e. The third kappa shape index (κ3) is 3.82. The fourth-order valence-corrected chi connectivity index (χ4v) is 1.88. The first-order valence-electron chi connectivity index (χ1n) is 6.78. The fraction of sp³-hybridized carbons (Fsp3) is 0. The normalized spacial score (nSPS) is 10.9. The molecule has 0 aliphatic rings. The molecule has 2 aromatic rings. The summed E-state index contributed by atoms with van der Waals surface area (Å²) in [5, 5.41) is 2.19. The summed E-state index contributed by atoms with van der Waals surface area (Å²) in [4.78, 5) is 30.7. The number of imide groups is 1. The Hall–Kier alpha value is -3.41. The van der Waals surface area contributed by atoms with Crippen LogP contribution in [0, 0.1) is 0 Å². The van der Waals surface area contributed by atoms with Crippen LogP contribution in [-0.4, -0.2) is 21.8 Å². The molecule has 4 N–H and O–H groups in total. The van der Waals surface area contributed by atoms with Crippen LogP contribution in [0.3, 0.4) is 0 Å². The first kappa shape index (κ1) is 16.0. The van der Waals surface area contributed by atoms with Crippen molar-refractivity contribution in [3.8, 4) is 0 Å². The van der Waals surface area contributed by atoms with Crippen LogP contribution in [0.1, 0.15) is 27.6 Å². The number of nitrogens with two attached hydrogens (primary N) is 1. The Bertz CT molecular complexity index is 763. The van der Waals surface area contributed by atoms with Crippen molar-refractivity contribution in [3.05, 3.63) is 72.3 Å². The van der Waals surface area contributed by atoms with E-state index in [9.17, 15) is 9.59 Å². The molecule has 2 rings (SSSR count). The number of carbonyl (C=O) groups excluding carboxylic acids is 2. The molecule has 2 amide bonds. The van der Waals surface area contributed by atoms with Gasteiger partial charge in [0, 0.05) is 11.8 Å². The highest BCUT2D eigenvalue weighted by Gasteiger charge is 2.15. The molecule has 1 heterocycles. The number of rotatable bonds is 5. The maximum atomic E-state index is 12.0. The Morgan fingerprint density at radius 3 is 2.43 bits per heavy atom. The van der Waals surface area contributed by atoms with Gasteiger partial charge in [-0.05, 0) is 17.7 Å². The predicted molar refractivity (Wildman–Crippen MR) is 89.8 cm³/mol. The number of benzene rings is 1. The Kier molecular flexibility index (Phi) is 4.89. The molecule has 0 saturated carbocycles. The molecule has 0 aliphatic carbocycles. The molecular formula is C17H16N4O2. The van der Waals surface area contributed by atoms with Gasteiger partial charge in [0.1, 0.15) is 0 Å². The summed E-state index contributed by atoms with van der Waals surface area (Å²) < 4.78 is 0. The molecule has 116 valence electrons. The lowest BCUT2D eigenvalue weighted by Gasteiger charge is -2.02. The highest BCUT2D eigenvalue weighted by molar-refractivity contribution is 6.08. The monoisotopic (exact) mass is 308 g/mol. The van der Waals surface area contributed by atoms with Crippen molar-refractivity contribution in [2.45, 2.75) is 0 Å². The molecule has 0 bridgehead atoms. The van der Waals surface area contributed by atoms with Crippen molar-refractivity contribution >= 4 is 29.7 Å². The molecule has 6 nitrogen and oxygen atoms in total. The topological polar surface area (TPSA) is 101 Å². The van der Waals surface area contributed by atoms with Crippen LogP contribution in [0.15, 0.2) is 49.6 Å². The Balaban J connectivity index is 2.11. The van der Waals surface area contributed by atoms with Crippen molar-refractivity contribution < 1.29 is 9.59 Å². The van der Waals surface area contributed by atoms with Crippen molar-refractivity contribution in [2.24, 2.45) is 5.73 Å². The SMILES string of the molecule is C=Cc1nc(C(=O)NC(=O)/C=C(\N)c2ccccc2)[nH]c1C=C. The lowest BCUT2D eigenvalue weighted by Crippen LogP contribution is -2.30. The van der Waals surface area contributed by atoms with Gasteiger partial charge in [-0.2, -0.15) is 0 Å². The standard InChI is InChI=1S/C17H16N4O2/c1-3-13-14(4-2)20-16(19-13)17(23)21-15(22)10-12(18)11-8-6-5-7-9-11/h3-10H,1-2,18H2,(H,19,20)(H,21,22,23)/b12-10-. The Labute approximate surface area is 133 Å². The molecule has 1 aromatic heterocycles. The van der Waals surface area contributed by atoms with Crippen molar-refractivity contribution in [1.82, 2.24) is 15.3 Å². The summed E-state index contributed by atoms with van der Waals surface area (Å²) >= 11 is 0. The zero-order valence-corrected chi connectivity index (χ0v) is 12.4. The smallest absolute Gasteiger partial charge is 0.293 e. The van der Waals surface area contributed by atoms with Gasteiger partial charge in [-0.25, -0.2) is 4.98 Å². The van der Waals surface area contributed by atoms with Gasteiger partial charge in [0.25, 0.3) is 11.8 Å². The number of H-pyrrole nitrogens is 1. The van der Waals surface area contributed by atoms with Crippen molar-refractivity contribution in [1.29, 1.82) is 0 Å². The van der Waals surface area contributed by atoms with Crippen LogP contribution < -0.4 is 11.1 Å². The number of hydrogen-bond donors (Lipinski definition) is 3. The zero-order chi connectivity index (χ0) is 16.8. The van der Waals surface area contributed by atoms with Crippen LogP contribution in [0.5, 0.6) is 0 Å². The summed E-state index contributed by atoms with van der Waals surface area (Å²) in [6.45, 7) is 7.19. The molecule has 0 saturated heterocycles. The van der Waals surface area contributed by atoms with E-state index in [0.29, 0.717) is 17.0 Å². The van der Waals surface area contributed by atoms with Gasteiger partial charge in [-0.3, -0.25) is 14.9 Å². The van der Waals surface area contributed by atoms with Gasteiger partial charge >= 0.3 is 0 Å². The van der Waals surface area contributed by atoms with Crippen LogP contribution in [0.25, 0.3) is 17.8 Å². The lowest BCUT2D eigenvalue weighted by molar-refractivity contribution is -0.115. The quantitative estimate of drug-likeness (QED) is 0.735. The average Bonchev–Trinajstić information content (AvgIpc) is 2.99. The molecule has 0 atom stereocenters. The highest BCUT2D eigenvalue weighted by atomic mass is 16.2.